The molecule has 1 spiro atoms. The van der Waals surface area contributed by atoms with Gasteiger partial charge in [-0.05, 0) is 30.2 Å². The Balaban J connectivity index is 1.19. The average molecular weight is 354 g/mol. The molecular weight excluding hydrogens is 332 g/mol. The molecule has 0 aliphatic carbocycles. The van der Waals surface area contributed by atoms with Gasteiger partial charge in [0.25, 0.3) is 0 Å². The summed E-state index contributed by atoms with van der Waals surface area (Å²) in [4.78, 5) is 6.69. The summed E-state index contributed by atoms with van der Waals surface area (Å²) < 4.78 is 23.0. The van der Waals surface area contributed by atoms with Crippen LogP contribution in [0.25, 0.3) is 0 Å². The van der Waals surface area contributed by atoms with Crippen molar-refractivity contribution in [2.75, 3.05) is 26.5 Å². The Morgan fingerprint density at radius 3 is 3.08 bits per heavy atom. The van der Waals surface area contributed by atoms with Crippen molar-refractivity contribution >= 4 is 0 Å². The SMILES string of the molecule is c1ccc(O[C@H]2CO[C@@]3(CCN(Cc4ccc5c(c4)OCO5)C3)C2)nc1. The monoisotopic (exact) mass is 354 g/mol. The minimum atomic E-state index is -0.0875. The first kappa shape index (κ1) is 15.9. The third-order valence-electron chi connectivity index (χ3n) is 5.34. The molecule has 0 bridgehead atoms. The van der Waals surface area contributed by atoms with E-state index in [1.807, 2.05) is 24.3 Å². The number of rotatable bonds is 4. The van der Waals surface area contributed by atoms with E-state index < -0.39 is 0 Å². The molecule has 2 fully saturated rings. The highest BCUT2D eigenvalue weighted by atomic mass is 16.7. The number of ether oxygens (including phenoxy) is 4. The normalized spacial score (nSPS) is 27.3. The van der Waals surface area contributed by atoms with E-state index in [0.717, 1.165) is 44.0 Å². The topological polar surface area (TPSA) is 53.1 Å². The molecule has 136 valence electrons. The summed E-state index contributed by atoms with van der Waals surface area (Å²) in [6.45, 7) is 3.81. The Bertz CT molecular complexity index is 785. The maximum atomic E-state index is 6.19. The van der Waals surface area contributed by atoms with Crippen molar-refractivity contribution in [3.05, 3.63) is 48.2 Å². The van der Waals surface area contributed by atoms with Gasteiger partial charge in [0.1, 0.15) is 6.10 Å². The van der Waals surface area contributed by atoms with Gasteiger partial charge in [0.15, 0.2) is 11.5 Å². The van der Waals surface area contributed by atoms with Crippen LogP contribution in [0, 0.1) is 0 Å². The Kier molecular flexibility index (Phi) is 3.94. The number of benzene rings is 1. The second kappa shape index (κ2) is 6.45. The summed E-state index contributed by atoms with van der Waals surface area (Å²) >= 11 is 0. The van der Waals surface area contributed by atoms with Crippen LogP contribution in [0.3, 0.4) is 0 Å². The van der Waals surface area contributed by atoms with Gasteiger partial charge in [-0.1, -0.05) is 12.1 Å². The molecule has 3 aliphatic heterocycles. The second-order valence-corrected chi connectivity index (χ2v) is 7.25. The van der Waals surface area contributed by atoms with Gasteiger partial charge in [0.05, 0.1) is 12.2 Å². The third-order valence-corrected chi connectivity index (χ3v) is 5.34. The summed E-state index contributed by atoms with van der Waals surface area (Å²) in [6.07, 6.45) is 3.79. The van der Waals surface area contributed by atoms with E-state index in [9.17, 15) is 0 Å². The fourth-order valence-corrected chi connectivity index (χ4v) is 4.11. The Hall–Kier alpha value is -2.31. The van der Waals surface area contributed by atoms with Crippen molar-refractivity contribution in [3.63, 3.8) is 0 Å². The van der Waals surface area contributed by atoms with Gasteiger partial charge in [-0.2, -0.15) is 0 Å². The quantitative estimate of drug-likeness (QED) is 0.841. The molecule has 0 N–H and O–H groups in total. The van der Waals surface area contributed by atoms with Crippen LogP contribution in [0.4, 0.5) is 0 Å². The number of pyridine rings is 1. The van der Waals surface area contributed by atoms with E-state index in [1.54, 1.807) is 6.20 Å². The zero-order valence-electron chi connectivity index (χ0n) is 14.6. The molecule has 3 aliphatic rings. The third kappa shape index (κ3) is 3.10. The van der Waals surface area contributed by atoms with Gasteiger partial charge >= 0.3 is 0 Å². The molecule has 2 aromatic rings. The van der Waals surface area contributed by atoms with Crippen LogP contribution >= 0.6 is 0 Å². The molecule has 2 saturated heterocycles. The van der Waals surface area contributed by atoms with Crippen molar-refractivity contribution < 1.29 is 18.9 Å². The number of fused-ring (bicyclic) bond motifs is 1. The van der Waals surface area contributed by atoms with Crippen LogP contribution in [-0.4, -0.2) is 48.1 Å². The van der Waals surface area contributed by atoms with Crippen molar-refractivity contribution in [2.24, 2.45) is 0 Å². The molecule has 5 rings (SSSR count). The Morgan fingerprint density at radius 1 is 1.19 bits per heavy atom. The number of hydrogen-bond acceptors (Lipinski definition) is 6. The van der Waals surface area contributed by atoms with Crippen LogP contribution in [0.15, 0.2) is 42.6 Å². The van der Waals surface area contributed by atoms with Crippen LogP contribution in [-0.2, 0) is 11.3 Å². The number of aromatic nitrogens is 1. The highest BCUT2D eigenvalue weighted by Gasteiger charge is 2.46. The number of hydrogen-bond donors (Lipinski definition) is 0. The van der Waals surface area contributed by atoms with Gasteiger partial charge in [0.2, 0.25) is 12.7 Å². The van der Waals surface area contributed by atoms with Crippen molar-refractivity contribution in [3.8, 4) is 17.4 Å². The minimum absolute atomic E-state index is 0.0791. The minimum Gasteiger partial charge on any atom is -0.472 e. The van der Waals surface area contributed by atoms with E-state index in [0.29, 0.717) is 19.3 Å². The fourth-order valence-electron chi connectivity index (χ4n) is 4.11. The van der Waals surface area contributed by atoms with Crippen molar-refractivity contribution in [1.82, 2.24) is 9.88 Å². The molecule has 1 aromatic heterocycles. The molecule has 6 nitrogen and oxygen atoms in total. The van der Waals surface area contributed by atoms with Gasteiger partial charge < -0.3 is 18.9 Å². The average Bonchev–Trinajstić information content (AvgIpc) is 3.37. The van der Waals surface area contributed by atoms with Gasteiger partial charge in [-0.3, -0.25) is 4.90 Å². The lowest BCUT2D eigenvalue weighted by atomic mass is 9.98. The van der Waals surface area contributed by atoms with E-state index in [4.69, 9.17) is 18.9 Å². The highest BCUT2D eigenvalue weighted by molar-refractivity contribution is 5.44. The molecule has 0 saturated carbocycles. The smallest absolute Gasteiger partial charge is 0.231 e. The standard InChI is InChI=1S/C20H22N2O4/c1-2-7-21-19(3-1)26-16-10-20(25-12-16)6-8-22(13-20)11-15-4-5-17-18(9-15)24-14-23-17/h1-5,7,9,16H,6,8,10-14H2/t16-,20+/m1/s1. The molecule has 1 aromatic carbocycles. The zero-order chi connectivity index (χ0) is 17.4. The van der Waals surface area contributed by atoms with Crippen LogP contribution in [0.2, 0.25) is 0 Å². The lowest BCUT2D eigenvalue weighted by Gasteiger charge is -2.23. The number of nitrogens with zero attached hydrogens (tertiary/aromatic N) is 2. The lowest BCUT2D eigenvalue weighted by molar-refractivity contribution is 0.00923. The molecule has 0 unspecified atom stereocenters. The summed E-state index contributed by atoms with van der Waals surface area (Å²) in [6, 6.07) is 11.9. The van der Waals surface area contributed by atoms with Gasteiger partial charge in [-0.25, -0.2) is 4.98 Å². The number of likely N-dealkylation sites (tertiary alicyclic amines) is 1. The molecule has 6 heteroatoms. The largest absolute Gasteiger partial charge is 0.472 e. The Morgan fingerprint density at radius 2 is 2.15 bits per heavy atom. The summed E-state index contributed by atoms with van der Waals surface area (Å²) in [7, 11) is 0. The first-order chi connectivity index (χ1) is 12.8. The second-order valence-electron chi connectivity index (χ2n) is 7.25. The van der Waals surface area contributed by atoms with Gasteiger partial charge in [0, 0.05) is 38.3 Å². The molecule has 0 amide bonds. The van der Waals surface area contributed by atoms with E-state index in [2.05, 4.69) is 22.0 Å². The zero-order valence-corrected chi connectivity index (χ0v) is 14.6. The highest BCUT2D eigenvalue weighted by Crippen LogP contribution is 2.38. The predicted octanol–water partition coefficient (Wildman–Crippen LogP) is 2.62. The predicted molar refractivity (Wildman–Crippen MR) is 94.4 cm³/mol. The summed E-state index contributed by atoms with van der Waals surface area (Å²) in [5.74, 6) is 2.35. The molecule has 4 heterocycles. The maximum Gasteiger partial charge on any atom is 0.231 e. The summed E-state index contributed by atoms with van der Waals surface area (Å²) in [5.41, 5.74) is 1.15. The van der Waals surface area contributed by atoms with E-state index in [1.165, 1.54) is 5.56 Å². The lowest BCUT2D eigenvalue weighted by Crippen LogP contribution is -2.33. The van der Waals surface area contributed by atoms with Crippen LogP contribution < -0.4 is 14.2 Å². The fraction of sp³-hybridized carbons (Fsp3) is 0.450. The van der Waals surface area contributed by atoms with Gasteiger partial charge in [-0.15, -0.1) is 0 Å². The van der Waals surface area contributed by atoms with Crippen LogP contribution in [0.5, 0.6) is 17.4 Å². The van der Waals surface area contributed by atoms with Crippen molar-refractivity contribution in [1.29, 1.82) is 0 Å². The first-order valence-electron chi connectivity index (χ1n) is 9.11. The molecular formula is C20H22N2O4. The van der Waals surface area contributed by atoms with Crippen LogP contribution in [0.1, 0.15) is 18.4 Å². The molecule has 26 heavy (non-hydrogen) atoms. The summed E-state index contributed by atoms with van der Waals surface area (Å²) in [5, 5.41) is 0. The maximum absolute atomic E-state index is 6.19. The van der Waals surface area contributed by atoms with Crippen molar-refractivity contribution in [2.45, 2.75) is 31.1 Å². The molecule has 0 radical (unpaired) electrons. The van der Waals surface area contributed by atoms with E-state index in [-0.39, 0.29) is 11.7 Å². The molecule has 2 atom stereocenters. The van der Waals surface area contributed by atoms with E-state index >= 15 is 0 Å². The Labute approximate surface area is 152 Å². The first-order valence-corrected chi connectivity index (χ1v) is 9.11.